The van der Waals surface area contributed by atoms with Crippen molar-refractivity contribution in [1.29, 1.82) is 0 Å². The van der Waals surface area contributed by atoms with Crippen molar-refractivity contribution >= 4 is 23.7 Å². The van der Waals surface area contributed by atoms with Crippen molar-refractivity contribution in [1.82, 2.24) is 20.2 Å². The predicted octanol–water partition coefficient (Wildman–Crippen LogP) is 3.61. The Bertz CT molecular complexity index is 970. The van der Waals surface area contributed by atoms with Crippen LogP contribution in [0.1, 0.15) is 16.7 Å². The van der Waals surface area contributed by atoms with E-state index in [0.717, 1.165) is 11.3 Å². The highest BCUT2D eigenvalue weighted by atomic mass is 32.2. The van der Waals surface area contributed by atoms with Crippen molar-refractivity contribution in [2.75, 3.05) is 5.75 Å². The Labute approximate surface area is 168 Å². The van der Waals surface area contributed by atoms with E-state index in [1.807, 2.05) is 47.2 Å². The van der Waals surface area contributed by atoms with E-state index in [1.165, 1.54) is 22.9 Å². The maximum Gasteiger partial charge on any atom is 0.321 e. The SMILES string of the molecule is Cc1ccc(-n2ccnc2SCC(=O)NC(=O)NCc2ccccc2)cc1C. The molecular weight excluding hydrogens is 372 g/mol. The van der Waals surface area contributed by atoms with Crippen molar-refractivity contribution in [3.63, 3.8) is 0 Å². The Kier molecular flexibility index (Phi) is 6.49. The van der Waals surface area contributed by atoms with Gasteiger partial charge in [-0.15, -0.1) is 0 Å². The van der Waals surface area contributed by atoms with Gasteiger partial charge in [0.15, 0.2) is 5.16 Å². The first-order valence-corrected chi connectivity index (χ1v) is 9.87. The first kappa shape index (κ1) is 19.7. The molecule has 0 saturated carbocycles. The standard InChI is InChI=1S/C21H22N4O2S/c1-15-8-9-18(12-16(15)2)25-11-10-22-21(25)28-14-19(26)24-20(27)23-13-17-6-4-3-5-7-17/h3-12H,13-14H2,1-2H3,(H2,23,24,26,27). The molecule has 7 heteroatoms. The Morgan fingerprint density at radius 1 is 1.07 bits per heavy atom. The maximum absolute atomic E-state index is 12.1. The van der Waals surface area contributed by atoms with Gasteiger partial charge in [-0.1, -0.05) is 48.2 Å². The summed E-state index contributed by atoms with van der Waals surface area (Å²) >= 11 is 1.28. The van der Waals surface area contributed by atoms with E-state index in [2.05, 4.69) is 41.6 Å². The highest BCUT2D eigenvalue weighted by molar-refractivity contribution is 7.99. The van der Waals surface area contributed by atoms with Gasteiger partial charge in [-0.25, -0.2) is 9.78 Å². The number of nitrogens with one attached hydrogen (secondary N) is 2. The van der Waals surface area contributed by atoms with Gasteiger partial charge >= 0.3 is 6.03 Å². The van der Waals surface area contributed by atoms with E-state index in [0.29, 0.717) is 11.7 Å². The Morgan fingerprint density at radius 3 is 2.61 bits per heavy atom. The van der Waals surface area contributed by atoms with Gasteiger partial charge in [-0.3, -0.25) is 14.7 Å². The van der Waals surface area contributed by atoms with Gasteiger partial charge in [-0.2, -0.15) is 0 Å². The molecule has 3 rings (SSSR count). The Balaban J connectivity index is 1.52. The molecule has 0 aliphatic rings. The number of rotatable bonds is 6. The first-order chi connectivity index (χ1) is 13.5. The summed E-state index contributed by atoms with van der Waals surface area (Å²) < 4.78 is 1.93. The molecule has 3 aromatic rings. The summed E-state index contributed by atoms with van der Waals surface area (Å²) in [6, 6.07) is 15.2. The fraction of sp³-hybridized carbons (Fsp3) is 0.190. The fourth-order valence-corrected chi connectivity index (χ4v) is 3.36. The number of hydrogen-bond donors (Lipinski definition) is 2. The lowest BCUT2D eigenvalue weighted by molar-refractivity contribution is -0.117. The molecule has 28 heavy (non-hydrogen) atoms. The van der Waals surface area contributed by atoms with Gasteiger partial charge in [-0.05, 0) is 42.7 Å². The van der Waals surface area contributed by atoms with E-state index in [4.69, 9.17) is 0 Å². The third-order valence-corrected chi connectivity index (χ3v) is 5.22. The number of imidazole rings is 1. The van der Waals surface area contributed by atoms with Crippen LogP contribution in [-0.2, 0) is 11.3 Å². The van der Waals surface area contributed by atoms with Crippen molar-refractivity contribution in [3.05, 3.63) is 77.6 Å². The van der Waals surface area contributed by atoms with Crippen LogP contribution in [0.4, 0.5) is 4.79 Å². The average molecular weight is 395 g/mol. The molecule has 0 unspecified atom stereocenters. The van der Waals surface area contributed by atoms with Crippen LogP contribution in [0.5, 0.6) is 0 Å². The summed E-state index contributed by atoms with van der Waals surface area (Å²) in [6.07, 6.45) is 3.55. The van der Waals surface area contributed by atoms with Crippen LogP contribution in [0.15, 0.2) is 66.1 Å². The summed E-state index contributed by atoms with van der Waals surface area (Å²) in [7, 11) is 0. The third-order valence-electron chi connectivity index (χ3n) is 4.26. The number of nitrogens with zero attached hydrogens (tertiary/aromatic N) is 2. The molecule has 0 aliphatic carbocycles. The van der Waals surface area contributed by atoms with E-state index in [-0.39, 0.29) is 11.7 Å². The monoisotopic (exact) mass is 394 g/mol. The van der Waals surface area contributed by atoms with Crippen LogP contribution in [0, 0.1) is 13.8 Å². The van der Waals surface area contributed by atoms with E-state index >= 15 is 0 Å². The van der Waals surface area contributed by atoms with Gasteiger partial charge in [0.1, 0.15) is 0 Å². The second-order valence-electron chi connectivity index (χ2n) is 6.35. The van der Waals surface area contributed by atoms with Crippen LogP contribution in [0.3, 0.4) is 0 Å². The zero-order valence-corrected chi connectivity index (χ0v) is 16.6. The number of urea groups is 1. The topological polar surface area (TPSA) is 76.0 Å². The number of aryl methyl sites for hydroxylation is 2. The van der Waals surface area contributed by atoms with Gasteiger partial charge in [0.2, 0.25) is 5.91 Å². The second-order valence-corrected chi connectivity index (χ2v) is 7.30. The highest BCUT2D eigenvalue weighted by Crippen LogP contribution is 2.22. The summed E-state index contributed by atoms with van der Waals surface area (Å²) in [5.41, 5.74) is 4.37. The van der Waals surface area contributed by atoms with E-state index < -0.39 is 6.03 Å². The van der Waals surface area contributed by atoms with E-state index in [9.17, 15) is 9.59 Å². The van der Waals surface area contributed by atoms with Crippen molar-refractivity contribution < 1.29 is 9.59 Å². The third kappa shape index (κ3) is 5.23. The Morgan fingerprint density at radius 2 is 1.86 bits per heavy atom. The minimum absolute atomic E-state index is 0.0978. The zero-order chi connectivity index (χ0) is 19.9. The molecule has 0 radical (unpaired) electrons. The van der Waals surface area contributed by atoms with Gasteiger partial charge < -0.3 is 5.32 Å². The lowest BCUT2D eigenvalue weighted by atomic mass is 10.1. The number of hydrogen-bond acceptors (Lipinski definition) is 4. The van der Waals surface area contributed by atoms with Crippen LogP contribution >= 0.6 is 11.8 Å². The molecule has 0 atom stereocenters. The number of benzene rings is 2. The number of thioether (sulfide) groups is 1. The molecule has 0 bridgehead atoms. The molecular formula is C21H22N4O2S. The molecule has 6 nitrogen and oxygen atoms in total. The van der Waals surface area contributed by atoms with Crippen molar-refractivity contribution in [2.45, 2.75) is 25.5 Å². The minimum atomic E-state index is -0.507. The summed E-state index contributed by atoms with van der Waals surface area (Å²) in [6.45, 7) is 4.49. The first-order valence-electron chi connectivity index (χ1n) is 8.88. The zero-order valence-electron chi connectivity index (χ0n) is 15.8. The van der Waals surface area contributed by atoms with Crippen molar-refractivity contribution in [2.24, 2.45) is 0 Å². The van der Waals surface area contributed by atoms with E-state index in [1.54, 1.807) is 6.20 Å². The molecule has 1 heterocycles. The number of imide groups is 1. The second kappa shape index (κ2) is 9.23. The molecule has 2 aromatic carbocycles. The number of carbonyl (C=O) groups is 2. The highest BCUT2D eigenvalue weighted by Gasteiger charge is 2.12. The predicted molar refractivity (Wildman–Crippen MR) is 111 cm³/mol. The van der Waals surface area contributed by atoms with Crippen LogP contribution in [0.2, 0.25) is 0 Å². The number of carbonyl (C=O) groups excluding carboxylic acids is 2. The summed E-state index contributed by atoms with van der Waals surface area (Å²) in [5.74, 6) is -0.272. The van der Waals surface area contributed by atoms with Gasteiger partial charge in [0.05, 0.1) is 5.75 Å². The fourth-order valence-electron chi connectivity index (χ4n) is 2.58. The molecule has 0 aliphatic heterocycles. The normalized spacial score (nSPS) is 10.5. The molecule has 2 N–H and O–H groups in total. The summed E-state index contributed by atoms with van der Waals surface area (Å²) in [5, 5.41) is 5.71. The van der Waals surface area contributed by atoms with Crippen LogP contribution < -0.4 is 10.6 Å². The van der Waals surface area contributed by atoms with Gasteiger partial charge in [0, 0.05) is 24.6 Å². The number of amides is 3. The van der Waals surface area contributed by atoms with Crippen molar-refractivity contribution in [3.8, 4) is 5.69 Å². The smallest absolute Gasteiger partial charge is 0.321 e. The van der Waals surface area contributed by atoms with Crippen LogP contribution in [-0.4, -0.2) is 27.2 Å². The van der Waals surface area contributed by atoms with Crippen LogP contribution in [0.25, 0.3) is 5.69 Å². The molecule has 0 spiro atoms. The quantitative estimate of drug-likeness (QED) is 0.626. The Hall–Kier alpha value is -3.06. The lowest BCUT2D eigenvalue weighted by Crippen LogP contribution is -2.39. The molecule has 144 valence electrons. The minimum Gasteiger partial charge on any atom is -0.334 e. The average Bonchev–Trinajstić information content (AvgIpc) is 3.16. The molecule has 1 aromatic heterocycles. The largest absolute Gasteiger partial charge is 0.334 e. The maximum atomic E-state index is 12.1. The molecule has 0 fully saturated rings. The number of aromatic nitrogens is 2. The molecule has 0 saturated heterocycles. The lowest BCUT2D eigenvalue weighted by Gasteiger charge is -2.10. The van der Waals surface area contributed by atoms with Gasteiger partial charge in [0.25, 0.3) is 0 Å². The summed E-state index contributed by atoms with van der Waals surface area (Å²) in [4.78, 5) is 28.3. The molecule has 3 amide bonds.